The van der Waals surface area contributed by atoms with Gasteiger partial charge in [-0.1, -0.05) is 12.1 Å². The molecule has 0 amide bonds. The van der Waals surface area contributed by atoms with Crippen molar-refractivity contribution in [3.63, 3.8) is 0 Å². The summed E-state index contributed by atoms with van der Waals surface area (Å²) in [6.45, 7) is 9.46. The number of benzene rings is 1. The SMILES string of the molecule is CCc1cc(-c2nc(-c3cnc(OC(C)C)c(C)c3)no2)cc(C)c1OC[C@@H](O)CO. The van der Waals surface area contributed by atoms with E-state index in [1.807, 2.05) is 52.8 Å². The number of aromatic nitrogens is 3. The molecule has 0 spiro atoms. The van der Waals surface area contributed by atoms with E-state index in [0.717, 1.165) is 34.2 Å². The minimum atomic E-state index is -0.920. The summed E-state index contributed by atoms with van der Waals surface area (Å²) in [7, 11) is 0. The third-order valence-corrected chi connectivity index (χ3v) is 4.67. The molecule has 0 aliphatic heterocycles. The monoisotopic (exact) mass is 427 g/mol. The summed E-state index contributed by atoms with van der Waals surface area (Å²) in [6.07, 6.45) is 1.52. The third-order valence-electron chi connectivity index (χ3n) is 4.67. The molecule has 0 saturated carbocycles. The van der Waals surface area contributed by atoms with Crippen molar-refractivity contribution in [3.05, 3.63) is 41.1 Å². The number of rotatable bonds is 9. The van der Waals surface area contributed by atoms with Crippen LogP contribution in [0.1, 0.15) is 37.5 Å². The second-order valence-electron chi connectivity index (χ2n) is 7.72. The molecule has 0 saturated heterocycles. The number of aryl methyl sites for hydroxylation is 3. The van der Waals surface area contributed by atoms with E-state index in [2.05, 4.69) is 15.1 Å². The van der Waals surface area contributed by atoms with Gasteiger partial charge in [0.15, 0.2) is 0 Å². The fourth-order valence-corrected chi connectivity index (χ4v) is 3.16. The van der Waals surface area contributed by atoms with Crippen molar-refractivity contribution >= 4 is 0 Å². The summed E-state index contributed by atoms with van der Waals surface area (Å²) < 4.78 is 16.9. The van der Waals surface area contributed by atoms with E-state index < -0.39 is 6.10 Å². The Morgan fingerprint density at radius 1 is 1.10 bits per heavy atom. The van der Waals surface area contributed by atoms with Crippen molar-refractivity contribution in [2.24, 2.45) is 0 Å². The van der Waals surface area contributed by atoms with Crippen LogP contribution in [0.2, 0.25) is 0 Å². The van der Waals surface area contributed by atoms with Crippen molar-refractivity contribution in [2.45, 2.75) is 53.2 Å². The van der Waals surface area contributed by atoms with E-state index in [-0.39, 0.29) is 19.3 Å². The summed E-state index contributed by atoms with van der Waals surface area (Å²) >= 11 is 0. The minimum Gasteiger partial charge on any atom is -0.490 e. The molecule has 0 bridgehead atoms. The zero-order valence-electron chi connectivity index (χ0n) is 18.5. The van der Waals surface area contributed by atoms with Crippen LogP contribution in [0.15, 0.2) is 28.9 Å². The average Bonchev–Trinajstić information content (AvgIpc) is 3.23. The Balaban J connectivity index is 1.87. The van der Waals surface area contributed by atoms with E-state index in [1.54, 1.807) is 6.20 Å². The van der Waals surface area contributed by atoms with Crippen LogP contribution in [0, 0.1) is 13.8 Å². The van der Waals surface area contributed by atoms with Gasteiger partial charge < -0.3 is 24.2 Å². The molecule has 3 aromatic rings. The molecule has 0 aliphatic rings. The molecule has 0 unspecified atom stereocenters. The molecular formula is C23H29N3O5. The molecule has 1 atom stereocenters. The van der Waals surface area contributed by atoms with Crippen molar-refractivity contribution < 1.29 is 24.2 Å². The molecule has 0 fully saturated rings. The maximum Gasteiger partial charge on any atom is 0.258 e. The maximum absolute atomic E-state index is 9.58. The van der Waals surface area contributed by atoms with Gasteiger partial charge in [-0.2, -0.15) is 4.98 Å². The maximum atomic E-state index is 9.58. The molecule has 166 valence electrons. The Morgan fingerprint density at radius 3 is 2.48 bits per heavy atom. The zero-order valence-corrected chi connectivity index (χ0v) is 18.5. The van der Waals surface area contributed by atoms with Crippen LogP contribution < -0.4 is 9.47 Å². The average molecular weight is 428 g/mol. The molecule has 0 aliphatic carbocycles. The molecule has 2 heterocycles. The fraction of sp³-hybridized carbons (Fsp3) is 0.435. The predicted octanol–water partition coefficient (Wildman–Crippen LogP) is 3.50. The number of aliphatic hydroxyl groups excluding tert-OH is 2. The van der Waals surface area contributed by atoms with Gasteiger partial charge in [-0.25, -0.2) is 4.98 Å². The number of hydrogen-bond acceptors (Lipinski definition) is 8. The standard InChI is InChI=1S/C23H29N3O5/c1-6-16-9-17(7-14(4)20(16)29-12-19(28)11-27)23-25-21(26-31-23)18-8-15(5)22(24-10-18)30-13(2)3/h7-10,13,19,27-28H,6,11-12H2,1-5H3/t19-/m0/s1. The van der Waals surface area contributed by atoms with E-state index in [9.17, 15) is 5.11 Å². The lowest BCUT2D eigenvalue weighted by Crippen LogP contribution is -2.22. The lowest BCUT2D eigenvalue weighted by atomic mass is 10.0. The summed E-state index contributed by atoms with van der Waals surface area (Å²) in [4.78, 5) is 8.92. The Bertz CT molecular complexity index is 1030. The normalized spacial score (nSPS) is 12.3. The van der Waals surface area contributed by atoms with Crippen LogP contribution in [-0.4, -0.2) is 50.8 Å². The Kier molecular flexibility index (Phi) is 7.25. The van der Waals surface area contributed by atoms with Gasteiger partial charge >= 0.3 is 0 Å². The van der Waals surface area contributed by atoms with Gasteiger partial charge in [-0.3, -0.25) is 0 Å². The molecule has 2 N–H and O–H groups in total. The number of aliphatic hydroxyl groups is 2. The first-order valence-electron chi connectivity index (χ1n) is 10.3. The minimum absolute atomic E-state index is 0.0251. The molecule has 1 aromatic carbocycles. The number of nitrogens with zero attached hydrogens (tertiary/aromatic N) is 3. The van der Waals surface area contributed by atoms with E-state index in [0.29, 0.717) is 23.3 Å². The zero-order chi connectivity index (χ0) is 22.5. The molecule has 0 radical (unpaired) electrons. The first-order chi connectivity index (χ1) is 14.8. The fourth-order valence-electron chi connectivity index (χ4n) is 3.16. The van der Waals surface area contributed by atoms with Crippen molar-refractivity contribution in [1.82, 2.24) is 15.1 Å². The van der Waals surface area contributed by atoms with Gasteiger partial charge in [0.25, 0.3) is 5.89 Å². The lowest BCUT2D eigenvalue weighted by Gasteiger charge is -2.16. The van der Waals surface area contributed by atoms with Crippen molar-refractivity contribution in [1.29, 1.82) is 0 Å². The number of ether oxygens (including phenoxy) is 2. The first-order valence-corrected chi connectivity index (χ1v) is 10.3. The van der Waals surface area contributed by atoms with Gasteiger partial charge in [0.2, 0.25) is 11.7 Å². The largest absolute Gasteiger partial charge is 0.490 e. The Labute approximate surface area is 181 Å². The second-order valence-corrected chi connectivity index (χ2v) is 7.72. The Morgan fingerprint density at radius 2 is 1.84 bits per heavy atom. The summed E-state index contributed by atoms with van der Waals surface area (Å²) in [5.74, 6) is 2.13. The number of pyridine rings is 1. The molecule has 8 heteroatoms. The quantitative estimate of drug-likeness (QED) is 0.534. The smallest absolute Gasteiger partial charge is 0.258 e. The van der Waals surface area contributed by atoms with E-state index in [4.69, 9.17) is 19.1 Å². The second kappa shape index (κ2) is 9.89. The van der Waals surface area contributed by atoms with Gasteiger partial charge in [0, 0.05) is 22.9 Å². The molecule has 2 aromatic heterocycles. The highest BCUT2D eigenvalue weighted by molar-refractivity contribution is 5.63. The van der Waals surface area contributed by atoms with Crippen LogP contribution in [-0.2, 0) is 6.42 Å². The highest BCUT2D eigenvalue weighted by atomic mass is 16.5. The van der Waals surface area contributed by atoms with Gasteiger partial charge in [0.05, 0.1) is 12.7 Å². The van der Waals surface area contributed by atoms with Gasteiger partial charge in [-0.05, 0) is 63.4 Å². The molecule has 31 heavy (non-hydrogen) atoms. The highest BCUT2D eigenvalue weighted by Crippen LogP contribution is 2.32. The van der Waals surface area contributed by atoms with Crippen molar-refractivity contribution in [3.8, 4) is 34.5 Å². The van der Waals surface area contributed by atoms with Crippen LogP contribution in [0.25, 0.3) is 22.8 Å². The van der Waals surface area contributed by atoms with Crippen LogP contribution in [0.4, 0.5) is 0 Å². The predicted molar refractivity (Wildman–Crippen MR) is 116 cm³/mol. The van der Waals surface area contributed by atoms with Crippen LogP contribution >= 0.6 is 0 Å². The molecule has 3 rings (SSSR count). The third kappa shape index (κ3) is 5.39. The highest BCUT2D eigenvalue weighted by Gasteiger charge is 2.17. The summed E-state index contributed by atoms with van der Waals surface area (Å²) in [5, 5.41) is 22.7. The van der Waals surface area contributed by atoms with E-state index in [1.165, 1.54) is 0 Å². The summed E-state index contributed by atoms with van der Waals surface area (Å²) in [6, 6.07) is 5.76. The number of hydrogen-bond donors (Lipinski definition) is 2. The van der Waals surface area contributed by atoms with Gasteiger partial charge in [0.1, 0.15) is 18.5 Å². The first kappa shape index (κ1) is 22.7. The van der Waals surface area contributed by atoms with Gasteiger partial charge in [-0.15, -0.1) is 0 Å². The lowest BCUT2D eigenvalue weighted by molar-refractivity contribution is 0.0531. The van der Waals surface area contributed by atoms with Crippen LogP contribution in [0.5, 0.6) is 11.6 Å². The van der Waals surface area contributed by atoms with E-state index >= 15 is 0 Å². The molecule has 8 nitrogen and oxygen atoms in total. The molecular weight excluding hydrogens is 398 g/mol. The van der Waals surface area contributed by atoms with Crippen molar-refractivity contribution in [2.75, 3.05) is 13.2 Å². The Hall–Kier alpha value is -2.97. The summed E-state index contributed by atoms with van der Waals surface area (Å²) in [5.41, 5.74) is 4.26. The topological polar surface area (TPSA) is 111 Å². The van der Waals surface area contributed by atoms with Crippen LogP contribution in [0.3, 0.4) is 0 Å².